The van der Waals surface area contributed by atoms with Gasteiger partial charge in [0.05, 0.1) is 25.7 Å². The van der Waals surface area contributed by atoms with Crippen LogP contribution in [-0.4, -0.2) is 35.6 Å². The number of nitrogens with one attached hydrogen (secondary N) is 1. The first-order chi connectivity index (χ1) is 13.1. The van der Waals surface area contributed by atoms with E-state index in [2.05, 4.69) is 15.5 Å². The van der Waals surface area contributed by atoms with Gasteiger partial charge in [-0.15, -0.1) is 10.2 Å². The van der Waals surface area contributed by atoms with Crippen LogP contribution in [0.3, 0.4) is 0 Å². The van der Waals surface area contributed by atoms with Crippen molar-refractivity contribution in [1.29, 1.82) is 0 Å². The van der Waals surface area contributed by atoms with Crippen LogP contribution in [0, 0.1) is 0 Å². The molecule has 9 heteroatoms. The summed E-state index contributed by atoms with van der Waals surface area (Å²) in [7, 11) is 3.15. The van der Waals surface area contributed by atoms with Crippen molar-refractivity contribution in [1.82, 2.24) is 15.5 Å². The van der Waals surface area contributed by atoms with E-state index in [9.17, 15) is 4.79 Å². The number of thioether (sulfide) groups is 1. The SMILES string of the molecule is COc1ccc(CNC(=O)[C@@H](C)Sc2nnc(-c3ccco3)o2)cc1OC. The van der Waals surface area contributed by atoms with Crippen molar-refractivity contribution in [2.24, 2.45) is 0 Å². The van der Waals surface area contributed by atoms with Gasteiger partial charge in [0.2, 0.25) is 5.91 Å². The average Bonchev–Trinajstić information content (AvgIpc) is 3.37. The Morgan fingerprint density at radius 1 is 1.22 bits per heavy atom. The predicted octanol–water partition coefficient (Wildman–Crippen LogP) is 3.14. The van der Waals surface area contributed by atoms with Gasteiger partial charge in [0.1, 0.15) is 0 Å². The second kappa shape index (κ2) is 8.63. The maximum atomic E-state index is 12.3. The third-order valence-corrected chi connectivity index (χ3v) is 4.63. The second-order valence-corrected chi connectivity index (χ2v) is 6.81. The van der Waals surface area contributed by atoms with E-state index in [0.717, 1.165) is 5.56 Å². The normalized spacial score (nSPS) is 11.8. The largest absolute Gasteiger partial charge is 0.493 e. The van der Waals surface area contributed by atoms with E-state index >= 15 is 0 Å². The second-order valence-electron chi connectivity index (χ2n) is 5.52. The van der Waals surface area contributed by atoms with Gasteiger partial charge in [0.15, 0.2) is 17.3 Å². The lowest BCUT2D eigenvalue weighted by Gasteiger charge is -2.12. The summed E-state index contributed by atoms with van der Waals surface area (Å²) < 4.78 is 21.2. The molecule has 0 aliphatic rings. The lowest BCUT2D eigenvalue weighted by atomic mass is 10.2. The number of benzene rings is 1. The third-order valence-electron chi connectivity index (χ3n) is 3.70. The number of methoxy groups -OCH3 is 2. The highest BCUT2D eigenvalue weighted by molar-refractivity contribution is 8.00. The van der Waals surface area contributed by atoms with E-state index < -0.39 is 5.25 Å². The fraction of sp³-hybridized carbons (Fsp3) is 0.278. The molecule has 1 amide bonds. The summed E-state index contributed by atoms with van der Waals surface area (Å²) in [6, 6.07) is 8.95. The Balaban J connectivity index is 1.55. The Bertz CT molecular complexity index is 894. The van der Waals surface area contributed by atoms with Gasteiger partial charge < -0.3 is 23.6 Å². The Morgan fingerprint density at radius 3 is 2.74 bits per heavy atom. The quantitative estimate of drug-likeness (QED) is 0.587. The van der Waals surface area contributed by atoms with Gasteiger partial charge in [0.25, 0.3) is 11.1 Å². The molecule has 0 unspecified atom stereocenters. The molecule has 0 fully saturated rings. The molecular weight excluding hydrogens is 370 g/mol. The maximum Gasteiger partial charge on any atom is 0.284 e. The highest BCUT2D eigenvalue weighted by Crippen LogP contribution is 2.28. The van der Waals surface area contributed by atoms with Crippen molar-refractivity contribution >= 4 is 17.7 Å². The standard InChI is InChI=1S/C18H19N3O5S/c1-11(27-18-21-20-17(26-18)14-5-4-8-25-14)16(22)19-10-12-6-7-13(23-2)15(9-12)24-3/h4-9,11H,10H2,1-3H3,(H,19,22)/t11-/m1/s1. The first kappa shape index (κ1) is 18.8. The summed E-state index contributed by atoms with van der Waals surface area (Å²) in [6.45, 7) is 2.14. The fourth-order valence-electron chi connectivity index (χ4n) is 2.29. The zero-order chi connectivity index (χ0) is 19.2. The Kier molecular flexibility index (Phi) is 6.02. The van der Waals surface area contributed by atoms with Gasteiger partial charge in [-0.1, -0.05) is 17.8 Å². The number of rotatable bonds is 8. The van der Waals surface area contributed by atoms with E-state index in [4.69, 9.17) is 18.3 Å². The highest BCUT2D eigenvalue weighted by Gasteiger charge is 2.19. The van der Waals surface area contributed by atoms with E-state index in [1.54, 1.807) is 39.3 Å². The molecule has 1 N–H and O–H groups in total. The third kappa shape index (κ3) is 4.62. The minimum Gasteiger partial charge on any atom is -0.493 e. The summed E-state index contributed by atoms with van der Waals surface area (Å²) in [5, 5.41) is 10.6. The molecule has 3 rings (SSSR count). The Morgan fingerprint density at radius 2 is 2.04 bits per heavy atom. The topological polar surface area (TPSA) is 99.6 Å². The minimum absolute atomic E-state index is 0.146. The number of hydrogen-bond donors (Lipinski definition) is 1. The minimum atomic E-state index is -0.407. The van der Waals surface area contributed by atoms with Crippen LogP contribution in [0.15, 0.2) is 50.7 Å². The molecule has 3 aromatic rings. The molecule has 2 heterocycles. The van der Waals surface area contributed by atoms with Crippen LogP contribution in [0.4, 0.5) is 0 Å². The number of nitrogens with zero attached hydrogens (tertiary/aromatic N) is 2. The average molecular weight is 389 g/mol. The van der Waals surface area contributed by atoms with Crippen LogP contribution in [0.5, 0.6) is 11.5 Å². The highest BCUT2D eigenvalue weighted by atomic mass is 32.2. The monoisotopic (exact) mass is 389 g/mol. The van der Waals surface area contributed by atoms with Gasteiger partial charge in [0, 0.05) is 6.54 Å². The molecule has 0 radical (unpaired) electrons. The molecule has 0 saturated carbocycles. The summed E-state index contributed by atoms with van der Waals surface area (Å²) in [6.07, 6.45) is 1.52. The number of carbonyl (C=O) groups excluding carboxylic acids is 1. The van der Waals surface area contributed by atoms with Crippen molar-refractivity contribution in [3.8, 4) is 23.1 Å². The molecule has 27 heavy (non-hydrogen) atoms. The first-order valence-electron chi connectivity index (χ1n) is 8.13. The van der Waals surface area contributed by atoms with E-state index in [0.29, 0.717) is 29.0 Å². The zero-order valence-electron chi connectivity index (χ0n) is 15.1. The number of aromatic nitrogens is 2. The molecule has 0 bridgehead atoms. The molecule has 8 nitrogen and oxygen atoms in total. The molecule has 1 atom stereocenters. The van der Waals surface area contributed by atoms with Crippen molar-refractivity contribution in [3.05, 3.63) is 42.2 Å². The van der Waals surface area contributed by atoms with Gasteiger partial charge in [-0.25, -0.2) is 0 Å². The lowest BCUT2D eigenvalue weighted by molar-refractivity contribution is -0.120. The predicted molar refractivity (Wildman–Crippen MR) is 98.7 cm³/mol. The zero-order valence-corrected chi connectivity index (χ0v) is 15.9. The molecule has 0 saturated heterocycles. The maximum absolute atomic E-state index is 12.3. The number of amides is 1. The molecule has 1 aromatic carbocycles. The smallest absolute Gasteiger partial charge is 0.284 e. The summed E-state index contributed by atoms with van der Waals surface area (Å²) in [4.78, 5) is 12.3. The summed E-state index contributed by atoms with van der Waals surface area (Å²) in [5.74, 6) is 1.87. The summed E-state index contributed by atoms with van der Waals surface area (Å²) in [5.41, 5.74) is 0.899. The van der Waals surface area contributed by atoms with E-state index in [1.807, 2.05) is 12.1 Å². The van der Waals surface area contributed by atoms with Gasteiger partial charge in [-0.2, -0.15) is 0 Å². The number of furan rings is 1. The number of hydrogen-bond acceptors (Lipinski definition) is 8. The van der Waals surface area contributed by atoms with Gasteiger partial charge >= 0.3 is 0 Å². The first-order valence-corrected chi connectivity index (χ1v) is 9.01. The number of carbonyl (C=O) groups is 1. The summed E-state index contributed by atoms with van der Waals surface area (Å²) >= 11 is 1.18. The van der Waals surface area contributed by atoms with Gasteiger partial charge in [-0.05, 0) is 36.8 Å². The molecule has 0 aliphatic heterocycles. The molecule has 0 spiro atoms. The van der Waals surface area contributed by atoms with Crippen molar-refractivity contribution in [2.75, 3.05) is 14.2 Å². The van der Waals surface area contributed by atoms with E-state index in [-0.39, 0.29) is 11.8 Å². The van der Waals surface area contributed by atoms with Crippen LogP contribution in [-0.2, 0) is 11.3 Å². The van der Waals surface area contributed by atoms with Crippen LogP contribution in [0.25, 0.3) is 11.7 Å². The Labute approximate surface area is 160 Å². The van der Waals surface area contributed by atoms with Crippen LogP contribution in [0.2, 0.25) is 0 Å². The van der Waals surface area contributed by atoms with Gasteiger partial charge in [-0.3, -0.25) is 4.79 Å². The number of ether oxygens (including phenoxy) is 2. The fourth-order valence-corrected chi connectivity index (χ4v) is 2.99. The molecular formula is C18H19N3O5S. The molecule has 142 valence electrons. The van der Waals surface area contributed by atoms with Crippen LogP contribution < -0.4 is 14.8 Å². The van der Waals surface area contributed by atoms with Crippen molar-refractivity contribution in [2.45, 2.75) is 23.9 Å². The molecule has 2 aromatic heterocycles. The Hall–Kier alpha value is -2.94. The van der Waals surface area contributed by atoms with Crippen molar-refractivity contribution in [3.63, 3.8) is 0 Å². The molecule has 0 aliphatic carbocycles. The van der Waals surface area contributed by atoms with Crippen LogP contribution in [0.1, 0.15) is 12.5 Å². The van der Waals surface area contributed by atoms with E-state index in [1.165, 1.54) is 18.0 Å². The van der Waals surface area contributed by atoms with Crippen molar-refractivity contribution < 1.29 is 23.1 Å². The lowest BCUT2D eigenvalue weighted by Crippen LogP contribution is -2.30. The van der Waals surface area contributed by atoms with Crippen LogP contribution >= 0.6 is 11.8 Å².